The molecule has 1 saturated heterocycles. The molecule has 40 heavy (non-hydrogen) atoms. The summed E-state index contributed by atoms with van der Waals surface area (Å²) in [7, 11) is 0. The molecule has 0 radical (unpaired) electrons. The normalized spacial score (nSPS) is 13.2. The lowest BCUT2D eigenvalue weighted by Crippen LogP contribution is -2.31. The SMILES string of the molecule is O=C(Oc1ccc(/C=N/Nc2nc(Nc3ccccc3)nc(N3CCCCC3)n2)cc1)c1cccc([N+](=O)[O-])c1. The first kappa shape index (κ1) is 26.2. The number of nitro benzene ring substituents is 1. The summed E-state index contributed by atoms with van der Waals surface area (Å²) in [6.45, 7) is 1.77. The third-order valence-corrected chi connectivity index (χ3v) is 6.05. The molecule has 5 rings (SSSR count). The zero-order valence-electron chi connectivity index (χ0n) is 21.4. The van der Waals surface area contributed by atoms with Crippen LogP contribution < -0.4 is 20.4 Å². The van der Waals surface area contributed by atoms with Crippen molar-refractivity contribution in [1.29, 1.82) is 0 Å². The molecular weight excluding hydrogens is 512 g/mol. The summed E-state index contributed by atoms with van der Waals surface area (Å²) in [6, 6.07) is 21.7. The van der Waals surface area contributed by atoms with E-state index in [4.69, 9.17) is 4.74 Å². The highest BCUT2D eigenvalue weighted by Gasteiger charge is 2.17. The molecule has 0 bridgehead atoms. The highest BCUT2D eigenvalue weighted by Crippen LogP contribution is 2.21. The van der Waals surface area contributed by atoms with Crippen molar-refractivity contribution < 1.29 is 14.5 Å². The van der Waals surface area contributed by atoms with E-state index in [1.54, 1.807) is 30.5 Å². The number of hydrogen-bond acceptors (Lipinski definition) is 11. The third kappa shape index (κ3) is 6.92. The van der Waals surface area contributed by atoms with Crippen LogP contribution in [0.4, 0.5) is 29.2 Å². The van der Waals surface area contributed by atoms with E-state index in [2.05, 4.69) is 35.7 Å². The molecule has 1 aliphatic rings. The maximum atomic E-state index is 12.4. The summed E-state index contributed by atoms with van der Waals surface area (Å²) >= 11 is 0. The van der Waals surface area contributed by atoms with Crippen LogP contribution in [-0.4, -0.2) is 45.1 Å². The van der Waals surface area contributed by atoms with Crippen LogP contribution in [-0.2, 0) is 0 Å². The van der Waals surface area contributed by atoms with Gasteiger partial charge in [-0.2, -0.15) is 20.1 Å². The highest BCUT2D eigenvalue weighted by molar-refractivity contribution is 5.91. The van der Waals surface area contributed by atoms with Crippen molar-refractivity contribution in [2.45, 2.75) is 19.3 Å². The van der Waals surface area contributed by atoms with Crippen LogP contribution in [0.2, 0.25) is 0 Å². The number of anilines is 4. The van der Waals surface area contributed by atoms with Gasteiger partial charge < -0.3 is 15.0 Å². The second kappa shape index (κ2) is 12.4. The molecule has 12 heteroatoms. The lowest BCUT2D eigenvalue weighted by Gasteiger charge is -2.26. The first-order valence-electron chi connectivity index (χ1n) is 12.7. The number of piperidine rings is 1. The molecule has 0 atom stereocenters. The molecule has 1 fully saturated rings. The maximum Gasteiger partial charge on any atom is 0.343 e. The number of esters is 1. The Kier molecular flexibility index (Phi) is 8.15. The van der Waals surface area contributed by atoms with Crippen molar-refractivity contribution >= 4 is 41.4 Å². The van der Waals surface area contributed by atoms with Crippen LogP contribution >= 0.6 is 0 Å². The number of benzene rings is 3. The van der Waals surface area contributed by atoms with Crippen LogP contribution in [0.15, 0.2) is 84.0 Å². The number of nitrogens with zero attached hydrogens (tertiary/aromatic N) is 6. The lowest BCUT2D eigenvalue weighted by molar-refractivity contribution is -0.384. The van der Waals surface area contributed by atoms with Crippen molar-refractivity contribution in [3.05, 3.63) is 100 Å². The monoisotopic (exact) mass is 538 g/mol. The molecule has 4 aromatic rings. The third-order valence-electron chi connectivity index (χ3n) is 6.05. The van der Waals surface area contributed by atoms with Crippen LogP contribution in [0, 0.1) is 10.1 Å². The zero-order valence-corrected chi connectivity index (χ0v) is 21.4. The minimum Gasteiger partial charge on any atom is -0.423 e. The van der Waals surface area contributed by atoms with E-state index < -0.39 is 10.9 Å². The van der Waals surface area contributed by atoms with E-state index in [0.717, 1.165) is 37.2 Å². The highest BCUT2D eigenvalue weighted by atomic mass is 16.6. The molecule has 2 N–H and O–H groups in total. The zero-order chi connectivity index (χ0) is 27.7. The fourth-order valence-corrected chi connectivity index (χ4v) is 4.06. The Balaban J connectivity index is 1.25. The minimum absolute atomic E-state index is 0.0893. The molecule has 12 nitrogen and oxygen atoms in total. The van der Waals surface area contributed by atoms with Gasteiger partial charge >= 0.3 is 5.97 Å². The minimum atomic E-state index is -0.689. The number of rotatable bonds is 9. The molecule has 0 aliphatic carbocycles. The Labute approximate surface area is 229 Å². The van der Waals surface area contributed by atoms with Gasteiger partial charge in [-0.15, -0.1) is 0 Å². The van der Waals surface area contributed by atoms with E-state index in [9.17, 15) is 14.9 Å². The van der Waals surface area contributed by atoms with E-state index in [-0.39, 0.29) is 11.3 Å². The number of carbonyl (C=O) groups excluding carboxylic acids is 1. The number of ether oxygens (including phenoxy) is 1. The van der Waals surface area contributed by atoms with Crippen molar-refractivity contribution in [1.82, 2.24) is 15.0 Å². The molecule has 0 spiro atoms. The number of carbonyl (C=O) groups is 1. The fourth-order valence-electron chi connectivity index (χ4n) is 4.06. The molecule has 2 heterocycles. The number of aromatic nitrogens is 3. The first-order valence-corrected chi connectivity index (χ1v) is 12.7. The molecular formula is C28H26N8O4. The second-order valence-corrected chi connectivity index (χ2v) is 8.96. The molecule has 0 saturated carbocycles. The van der Waals surface area contributed by atoms with Crippen LogP contribution in [0.5, 0.6) is 5.75 Å². The van der Waals surface area contributed by atoms with Crippen LogP contribution in [0.1, 0.15) is 35.2 Å². The first-order chi connectivity index (χ1) is 19.5. The van der Waals surface area contributed by atoms with Crippen molar-refractivity contribution in [2.75, 3.05) is 28.7 Å². The Morgan fingerprint density at radius 2 is 1.68 bits per heavy atom. The van der Waals surface area contributed by atoms with E-state index >= 15 is 0 Å². The van der Waals surface area contributed by atoms with Crippen molar-refractivity contribution in [3.8, 4) is 5.75 Å². The molecule has 0 amide bonds. The number of hydrogen-bond donors (Lipinski definition) is 2. The predicted molar refractivity (Wildman–Crippen MR) is 151 cm³/mol. The summed E-state index contributed by atoms with van der Waals surface area (Å²) in [5.74, 6) is 0.899. The quantitative estimate of drug-likeness (QED) is 0.0960. The molecule has 1 aliphatic heterocycles. The average Bonchev–Trinajstić information content (AvgIpc) is 2.99. The van der Waals surface area contributed by atoms with Gasteiger partial charge in [0.1, 0.15) is 5.75 Å². The molecule has 0 unspecified atom stereocenters. The van der Waals surface area contributed by atoms with E-state index in [1.807, 2.05) is 30.3 Å². The molecule has 1 aromatic heterocycles. The smallest absolute Gasteiger partial charge is 0.343 e. The molecule has 3 aromatic carbocycles. The van der Waals surface area contributed by atoms with Gasteiger partial charge in [-0.1, -0.05) is 24.3 Å². The fraction of sp³-hybridized carbons (Fsp3) is 0.179. The topological polar surface area (TPSA) is 148 Å². The summed E-state index contributed by atoms with van der Waals surface area (Å²) in [5, 5.41) is 18.4. The Morgan fingerprint density at radius 3 is 2.42 bits per heavy atom. The number of hydrazone groups is 1. The number of para-hydroxylation sites is 1. The Bertz CT molecular complexity index is 1510. The largest absolute Gasteiger partial charge is 0.423 e. The summed E-state index contributed by atoms with van der Waals surface area (Å²) < 4.78 is 5.34. The Morgan fingerprint density at radius 1 is 0.925 bits per heavy atom. The van der Waals surface area contributed by atoms with Gasteiger partial charge in [-0.3, -0.25) is 10.1 Å². The van der Waals surface area contributed by atoms with Crippen LogP contribution in [0.3, 0.4) is 0 Å². The van der Waals surface area contributed by atoms with Gasteiger partial charge in [0.25, 0.3) is 5.69 Å². The lowest BCUT2D eigenvalue weighted by atomic mass is 10.1. The van der Waals surface area contributed by atoms with Gasteiger partial charge in [-0.25, -0.2) is 10.2 Å². The number of non-ortho nitro benzene ring substituents is 1. The second-order valence-electron chi connectivity index (χ2n) is 8.96. The summed E-state index contributed by atoms with van der Waals surface area (Å²) in [5.41, 5.74) is 4.38. The van der Waals surface area contributed by atoms with Crippen LogP contribution in [0.25, 0.3) is 0 Å². The maximum absolute atomic E-state index is 12.4. The number of nitro groups is 1. The summed E-state index contributed by atoms with van der Waals surface area (Å²) in [6.07, 6.45) is 4.95. The van der Waals surface area contributed by atoms with E-state index in [0.29, 0.717) is 23.6 Å². The average molecular weight is 539 g/mol. The standard InChI is InChI=1S/C28H26N8O4/c37-25(21-8-7-11-23(18-21)36(38)39)40-24-14-12-20(13-15-24)19-29-34-27-31-26(30-22-9-3-1-4-10-22)32-28(33-27)35-16-5-2-6-17-35/h1,3-4,7-15,18-19H,2,5-6,16-17H2,(H2,30,31,32,33,34)/b29-19+. The van der Waals surface area contributed by atoms with Gasteiger partial charge in [0, 0.05) is 30.9 Å². The van der Waals surface area contributed by atoms with Crippen molar-refractivity contribution in [2.24, 2.45) is 5.10 Å². The predicted octanol–water partition coefficient (Wildman–Crippen LogP) is 5.18. The van der Waals surface area contributed by atoms with Gasteiger partial charge in [0.15, 0.2) is 0 Å². The Hall–Kier alpha value is -5.39. The summed E-state index contributed by atoms with van der Waals surface area (Å²) in [4.78, 5) is 38.5. The van der Waals surface area contributed by atoms with Gasteiger partial charge in [0.2, 0.25) is 17.8 Å². The van der Waals surface area contributed by atoms with Crippen molar-refractivity contribution in [3.63, 3.8) is 0 Å². The number of nitrogens with one attached hydrogen (secondary N) is 2. The van der Waals surface area contributed by atoms with E-state index in [1.165, 1.54) is 30.7 Å². The molecule has 202 valence electrons. The van der Waals surface area contributed by atoms with Gasteiger partial charge in [-0.05, 0) is 67.3 Å². The van der Waals surface area contributed by atoms with Gasteiger partial charge in [0.05, 0.1) is 16.7 Å².